The number of aryl methyl sites for hydroxylation is 1. The van der Waals surface area contributed by atoms with E-state index in [9.17, 15) is 10.1 Å². The molecule has 2 aromatic rings. The minimum atomic E-state index is -0.392. The SMILES string of the molecule is C=CCNC(=O)/C(C#N)=C/c1cc(C)n(-c2ccccc2)c1C. The summed E-state index contributed by atoms with van der Waals surface area (Å²) in [5.74, 6) is -0.392. The number of carbonyl (C=O) groups is 1. The van der Waals surface area contributed by atoms with Gasteiger partial charge in [0.15, 0.2) is 0 Å². The molecule has 0 fully saturated rings. The van der Waals surface area contributed by atoms with E-state index in [2.05, 4.69) is 16.5 Å². The molecule has 1 amide bonds. The second-order valence-corrected chi connectivity index (χ2v) is 5.17. The molecule has 1 N–H and O–H groups in total. The number of benzene rings is 1. The Morgan fingerprint density at radius 2 is 2.04 bits per heavy atom. The van der Waals surface area contributed by atoms with Crippen LogP contribution in [0, 0.1) is 25.2 Å². The Bertz CT molecular complexity index is 792. The number of hydrogen-bond acceptors (Lipinski definition) is 2. The van der Waals surface area contributed by atoms with Crippen molar-refractivity contribution in [2.75, 3.05) is 6.54 Å². The molecule has 0 unspecified atom stereocenters. The van der Waals surface area contributed by atoms with Crippen molar-refractivity contribution in [2.45, 2.75) is 13.8 Å². The van der Waals surface area contributed by atoms with E-state index in [4.69, 9.17) is 0 Å². The van der Waals surface area contributed by atoms with Crippen molar-refractivity contribution in [3.63, 3.8) is 0 Å². The van der Waals surface area contributed by atoms with Gasteiger partial charge in [0.1, 0.15) is 11.6 Å². The topological polar surface area (TPSA) is 57.8 Å². The quantitative estimate of drug-likeness (QED) is 0.523. The molecule has 0 aliphatic carbocycles. The van der Waals surface area contributed by atoms with E-state index in [1.807, 2.05) is 56.3 Å². The Kier molecular flexibility index (Phi) is 5.16. The first kappa shape index (κ1) is 16.3. The van der Waals surface area contributed by atoms with Gasteiger partial charge in [-0.1, -0.05) is 24.3 Å². The Balaban J connectivity index is 2.42. The van der Waals surface area contributed by atoms with Crippen molar-refractivity contribution >= 4 is 12.0 Å². The van der Waals surface area contributed by atoms with E-state index in [-0.39, 0.29) is 5.57 Å². The van der Waals surface area contributed by atoms with Gasteiger partial charge in [0.25, 0.3) is 5.91 Å². The minimum absolute atomic E-state index is 0.0835. The van der Waals surface area contributed by atoms with Crippen LogP contribution >= 0.6 is 0 Å². The van der Waals surface area contributed by atoms with Gasteiger partial charge in [-0.15, -0.1) is 6.58 Å². The molecule has 0 radical (unpaired) electrons. The van der Waals surface area contributed by atoms with E-state index in [1.165, 1.54) is 0 Å². The summed E-state index contributed by atoms with van der Waals surface area (Å²) >= 11 is 0. The third-order valence-electron chi connectivity index (χ3n) is 3.56. The molecule has 0 aliphatic rings. The van der Waals surface area contributed by atoms with Crippen LogP contribution in [-0.2, 0) is 4.79 Å². The summed E-state index contributed by atoms with van der Waals surface area (Å²) in [5.41, 5.74) is 4.02. The summed E-state index contributed by atoms with van der Waals surface area (Å²) in [6.07, 6.45) is 3.20. The van der Waals surface area contributed by atoms with Crippen molar-refractivity contribution in [3.05, 3.63) is 71.6 Å². The number of nitriles is 1. The lowest BCUT2D eigenvalue weighted by Gasteiger charge is -2.09. The zero-order chi connectivity index (χ0) is 16.8. The summed E-state index contributed by atoms with van der Waals surface area (Å²) in [7, 11) is 0. The Labute approximate surface area is 136 Å². The van der Waals surface area contributed by atoms with Gasteiger partial charge in [-0.05, 0) is 43.7 Å². The number of hydrogen-bond donors (Lipinski definition) is 1. The number of nitrogens with one attached hydrogen (secondary N) is 1. The Morgan fingerprint density at radius 1 is 1.35 bits per heavy atom. The first-order valence-electron chi connectivity index (χ1n) is 7.33. The first-order valence-corrected chi connectivity index (χ1v) is 7.33. The van der Waals surface area contributed by atoms with Crippen LogP contribution in [-0.4, -0.2) is 17.0 Å². The number of aromatic nitrogens is 1. The molecule has 0 saturated carbocycles. The van der Waals surface area contributed by atoms with Gasteiger partial charge in [-0.3, -0.25) is 4.79 Å². The maximum absolute atomic E-state index is 12.0. The van der Waals surface area contributed by atoms with E-state index >= 15 is 0 Å². The van der Waals surface area contributed by atoms with Gasteiger partial charge in [-0.2, -0.15) is 5.26 Å². The van der Waals surface area contributed by atoms with E-state index in [1.54, 1.807) is 12.2 Å². The maximum atomic E-state index is 12.0. The molecular weight excluding hydrogens is 286 g/mol. The van der Waals surface area contributed by atoms with Gasteiger partial charge < -0.3 is 9.88 Å². The fraction of sp³-hybridized carbons (Fsp3) is 0.158. The second-order valence-electron chi connectivity index (χ2n) is 5.17. The molecule has 4 heteroatoms. The third-order valence-corrected chi connectivity index (χ3v) is 3.56. The molecule has 0 bridgehead atoms. The predicted octanol–water partition coefficient (Wildman–Crippen LogP) is 3.30. The predicted molar refractivity (Wildman–Crippen MR) is 92.0 cm³/mol. The van der Waals surface area contributed by atoms with Crippen LogP contribution in [0.4, 0.5) is 0 Å². The van der Waals surface area contributed by atoms with Gasteiger partial charge in [0.05, 0.1) is 0 Å². The number of amides is 1. The van der Waals surface area contributed by atoms with Crippen molar-refractivity contribution in [1.29, 1.82) is 5.26 Å². The summed E-state index contributed by atoms with van der Waals surface area (Å²) < 4.78 is 2.10. The average molecular weight is 305 g/mol. The summed E-state index contributed by atoms with van der Waals surface area (Å²) in [4.78, 5) is 12.0. The molecule has 0 aliphatic heterocycles. The highest BCUT2D eigenvalue weighted by atomic mass is 16.1. The molecule has 0 spiro atoms. The standard InChI is InChI=1S/C19H19N3O/c1-4-10-21-19(23)17(13-20)12-16-11-14(2)22(15(16)3)18-8-6-5-7-9-18/h4-9,11-12H,1,10H2,2-3H3,(H,21,23)/b17-12+. The van der Waals surface area contributed by atoms with Crippen molar-refractivity contribution in [1.82, 2.24) is 9.88 Å². The lowest BCUT2D eigenvalue weighted by atomic mass is 10.1. The lowest BCUT2D eigenvalue weighted by molar-refractivity contribution is -0.116. The minimum Gasteiger partial charge on any atom is -0.348 e. The molecule has 23 heavy (non-hydrogen) atoms. The summed E-state index contributed by atoms with van der Waals surface area (Å²) in [5, 5.41) is 11.9. The molecule has 1 heterocycles. The highest BCUT2D eigenvalue weighted by molar-refractivity contribution is 6.01. The number of nitrogens with zero attached hydrogens (tertiary/aromatic N) is 2. The van der Waals surface area contributed by atoms with Crippen molar-refractivity contribution in [3.8, 4) is 11.8 Å². The number of carbonyl (C=O) groups excluding carboxylic acids is 1. The number of para-hydroxylation sites is 1. The van der Waals surface area contributed by atoms with E-state index in [0.29, 0.717) is 6.54 Å². The molecule has 2 rings (SSSR count). The van der Waals surface area contributed by atoms with Crippen LogP contribution in [0.5, 0.6) is 0 Å². The van der Waals surface area contributed by atoms with Gasteiger partial charge in [-0.25, -0.2) is 0 Å². The van der Waals surface area contributed by atoms with Gasteiger partial charge in [0, 0.05) is 23.6 Å². The van der Waals surface area contributed by atoms with E-state index in [0.717, 1.165) is 22.6 Å². The zero-order valence-electron chi connectivity index (χ0n) is 13.3. The maximum Gasteiger partial charge on any atom is 0.262 e. The first-order chi connectivity index (χ1) is 11.1. The fourth-order valence-corrected chi connectivity index (χ4v) is 2.47. The van der Waals surface area contributed by atoms with E-state index < -0.39 is 5.91 Å². The highest BCUT2D eigenvalue weighted by Crippen LogP contribution is 2.22. The zero-order valence-corrected chi connectivity index (χ0v) is 13.3. The fourth-order valence-electron chi connectivity index (χ4n) is 2.47. The lowest BCUT2D eigenvalue weighted by Crippen LogP contribution is -2.24. The smallest absolute Gasteiger partial charge is 0.262 e. The monoisotopic (exact) mass is 305 g/mol. The van der Waals surface area contributed by atoms with Crippen LogP contribution in [0.1, 0.15) is 17.0 Å². The average Bonchev–Trinajstić information content (AvgIpc) is 2.84. The second kappa shape index (κ2) is 7.28. The molecule has 1 aromatic carbocycles. The van der Waals surface area contributed by atoms with Gasteiger partial charge >= 0.3 is 0 Å². The molecule has 116 valence electrons. The Morgan fingerprint density at radius 3 is 2.65 bits per heavy atom. The highest BCUT2D eigenvalue weighted by Gasteiger charge is 2.13. The van der Waals surface area contributed by atoms with Crippen molar-refractivity contribution < 1.29 is 4.79 Å². The van der Waals surface area contributed by atoms with Crippen LogP contribution < -0.4 is 5.32 Å². The summed E-state index contributed by atoms with van der Waals surface area (Å²) in [6.45, 7) is 7.85. The van der Waals surface area contributed by atoms with Crippen LogP contribution in [0.25, 0.3) is 11.8 Å². The van der Waals surface area contributed by atoms with Crippen LogP contribution in [0.2, 0.25) is 0 Å². The molecule has 1 aromatic heterocycles. The molecule has 0 saturated heterocycles. The van der Waals surface area contributed by atoms with Crippen LogP contribution in [0.3, 0.4) is 0 Å². The van der Waals surface area contributed by atoms with Gasteiger partial charge in [0.2, 0.25) is 0 Å². The van der Waals surface area contributed by atoms with Crippen LogP contribution in [0.15, 0.2) is 54.6 Å². The molecule has 0 atom stereocenters. The van der Waals surface area contributed by atoms with Crippen molar-refractivity contribution in [2.24, 2.45) is 0 Å². The number of rotatable bonds is 5. The largest absolute Gasteiger partial charge is 0.348 e. The summed E-state index contributed by atoms with van der Waals surface area (Å²) in [6, 6.07) is 13.9. The Hall–Kier alpha value is -3.06. The molecule has 4 nitrogen and oxygen atoms in total. The normalized spacial score (nSPS) is 10.9. The molecular formula is C19H19N3O. The third kappa shape index (κ3) is 3.58.